The van der Waals surface area contributed by atoms with Gasteiger partial charge in [0.05, 0.1) is 24.7 Å². The average Bonchev–Trinajstić information content (AvgIpc) is 2.66. The van der Waals surface area contributed by atoms with Crippen molar-refractivity contribution in [1.82, 2.24) is 0 Å². The van der Waals surface area contributed by atoms with Crippen LogP contribution in [-0.4, -0.2) is 17.2 Å². The molecule has 0 amide bonds. The van der Waals surface area contributed by atoms with Gasteiger partial charge in [-0.05, 0) is 31.9 Å². The van der Waals surface area contributed by atoms with E-state index in [1.807, 2.05) is 60.7 Å². The molecular formula is C20H25O6P. The third-order valence-electron chi connectivity index (χ3n) is 4.32. The predicted molar refractivity (Wildman–Crippen MR) is 102 cm³/mol. The lowest BCUT2D eigenvalue weighted by atomic mass is 9.88. The summed E-state index contributed by atoms with van der Waals surface area (Å²) in [5, 5.41) is 9.37. The maximum atomic E-state index is 13.2. The molecule has 1 N–H and O–H groups in total. The number of phosphoric acid groups is 1. The molecule has 0 heterocycles. The van der Waals surface area contributed by atoms with Gasteiger partial charge < -0.3 is 5.11 Å². The standard InChI is InChI=1S/C20H25O6P/c1-16(20(2,3)19(21)22)26-27(23,24-14-17-10-6-4-7-11-17)25-15-18-12-8-5-9-13-18/h4-13,16H,14-15H2,1-3H3,(H,21,22). The topological polar surface area (TPSA) is 82.1 Å². The van der Waals surface area contributed by atoms with Gasteiger partial charge >= 0.3 is 13.8 Å². The summed E-state index contributed by atoms with van der Waals surface area (Å²) in [7, 11) is -4.01. The highest BCUT2D eigenvalue weighted by molar-refractivity contribution is 7.48. The van der Waals surface area contributed by atoms with Gasteiger partial charge in [-0.3, -0.25) is 18.4 Å². The van der Waals surface area contributed by atoms with Gasteiger partial charge in [-0.1, -0.05) is 60.7 Å². The number of phosphoric ester groups is 1. The highest BCUT2D eigenvalue weighted by atomic mass is 31.2. The Hall–Kier alpha value is -1.98. The van der Waals surface area contributed by atoms with Crippen LogP contribution in [0, 0.1) is 5.41 Å². The van der Waals surface area contributed by atoms with Crippen molar-refractivity contribution in [1.29, 1.82) is 0 Å². The summed E-state index contributed by atoms with van der Waals surface area (Å²) in [6.45, 7) is 4.58. The number of benzene rings is 2. The minimum Gasteiger partial charge on any atom is -0.481 e. The minimum absolute atomic E-state index is 0.0210. The fourth-order valence-corrected chi connectivity index (χ4v) is 3.51. The van der Waals surface area contributed by atoms with Crippen molar-refractivity contribution in [2.24, 2.45) is 5.41 Å². The lowest BCUT2D eigenvalue weighted by molar-refractivity contribution is -0.152. The molecule has 146 valence electrons. The normalized spacial score (nSPS) is 13.3. The second-order valence-electron chi connectivity index (χ2n) is 6.74. The fourth-order valence-electron chi connectivity index (χ4n) is 2.05. The zero-order valence-electron chi connectivity index (χ0n) is 15.7. The molecule has 0 aliphatic heterocycles. The van der Waals surface area contributed by atoms with Crippen LogP contribution in [0.25, 0.3) is 0 Å². The Morgan fingerprint density at radius 2 is 1.37 bits per heavy atom. The number of rotatable bonds is 10. The van der Waals surface area contributed by atoms with Gasteiger partial charge in [-0.15, -0.1) is 0 Å². The molecule has 0 saturated carbocycles. The van der Waals surface area contributed by atoms with Crippen molar-refractivity contribution in [3.63, 3.8) is 0 Å². The summed E-state index contributed by atoms with van der Waals surface area (Å²) in [6.07, 6.45) is -0.896. The second-order valence-corrected chi connectivity index (χ2v) is 8.36. The maximum absolute atomic E-state index is 13.2. The Labute approximate surface area is 159 Å². The molecule has 2 aromatic rings. The van der Waals surface area contributed by atoms with E-state index in [0.29, 0.717) is 0 Å². The van der Waals surface area contributed by atoms with Crippen molar-refractivity contribution >= 4 is 13.8 Å². The lowest BCUT2D eigenvalue weighted by Gasteiger charge is -2.30. The molecule has 2 rings (SSSR count). The molecule has 27 heavy (non-hydrogen) atoms. The van der Waals surface area contributed by atoms with Gasteiger partial charge in [-0.25, -0.2) is 4.57 Å². The van der Waals surface area contributed by atoms with Crippen molar-refractivity contribution in [2.45, 2.75) is 40.1 Å². The quantitative estimate of drug-likeness (QED) is 0.570. The maximum Gasteiger partial charge on any atom is 0.475 e. The van der Waals surface area contributed by atoms with Crippen LogP contribution in [0.15, 0.2) is 60.7 Å². The van der Waals surface area contributed by atoms with Gasteiger partial charge in [0, 0.05) is 0 Å². The molecule has 1 atom stereocenters. The van der Waals surface area contributed by atoms with Crippen LogP contribution in [0.3, 0.4) is 0 Å². The molecule has 0 saturated heterocycles. The molecule has 1 unspecified atom stereocenters. The summed E-state index contributed by atoms with van der Waals surface area (Å²) in [5.41, 5.74) is 0.339. The Morgan fingerprint density at radius 3 is 1.74 bits per heavy atom. The van der Waals surface area contributed by atoms with Crippen LogP contribution >= 0.6 is 7.82 Å². The largest absolute Gasteiger partial charge is 0.481 e. The smallest absolute Gasteiger partial charge is 0.475 e. The van der Waals surface area contributed by atoms with Crippen LogP contribution in [0.2, 0.25) is 0 Å². The fraction of sp³-hybridized carbons (Fsp3) is 0.350. The Kier molecular flexibility index (Phi) is 7.33. The SMILES string of the molecule is CC(OP(=O)(OCc1ccccc1)OCc1ccccc1)C(C)(C)C(=O)O. The summed E-state index contributed by atoms with van der Waals surface area (Å²) in [5.74, 6) is -1.06. The van der Waals surface area contributed by atoms with E-state index < -0.39 is 25.3 Å². The molecular weight excluding hydrogens is 367 g/mol. The molecule has 0 aliphatic carbocycles. The van der Waals surface area contributed by atoms with Gasteiger partial charge in [0.2, 0.25) is 0 Å². The molecule has 0 bridgehead atoms. The van der Waals surface area contributed by atoms with Crippen LogP contribution < -0.4 is 0 Å². The number of carbonyl (C=O) groups is 1. The third kappa shape index (κ3) is 6.29. The van der Waals surface area contributed by atoms with Gasteiger partial charge in [0.1, 0.15) is 0 Å². The number of hydrogen-bond acceptors (Lipinski definition) is 5. The van der Waals surface area contributed by atoms with E-state index in [0.717, 1.165) is 11.1 Å². The van der Waals surface area contributed by atoms with Crippen molar-refractivity contribution < 1.29 is 28.0 Å². The number of carboxylic acid groups (broad SMARTS) is 1. The van der Waals surface area contributed by atoms with E-state index in [1.165, 1.54) is 13.8 Å². The Morgan fingerprint density at radius 1 is 0.963 bits per heavy atom. The van der Waals surface area contributed by atoms with Crippen molar-refractivity contribution in [3.8, 4) is 0 Å². The second kappa shape index (κ2) is 9.29. The van der Waals surface area contributed by atoms with E-state index in [4.69, 9.17) is 13.6 Å². The molecule has 0 aliphatic rings. The summed E-state index contributed by atoms with van der Waals surface area (Å²) in [6, 6.07) is 18.4. The summed E-state index contributed by atoms with van der Waals surface area (Å²) >= 11 is 0. The van der Waals surface area contributed by atoms with E-state index in [1.54, 1.807) is 6.92 Å². The van der Waals surface area contributed by atoms with Crippen LogP contribution in [0.5, 0.6) is 0 Å². The zero-order valence-corrected chi connectivity index (χ0v) is 16.6. The van der Waals surface area contributed by atoms with E-state index in [9.17, 15) is 14.5 Å². The molecule has 2 aromatic carbocycles. The number of hydrogen-bond donors (Lipinski definition) is 1. The van der Waals surface area contributed by atoms with Crippen molar-refractivity contribution in [2.75, 3.05) is 0 Å². The first-order chi connectivity index (χ1) is 12.7. The van der Waals surface area contributed by atoms with Gasteiger partial charge in [-0.2, -0.15) is 0 Å². The number of aliphatic carboxylic acids is 1. The van der Waals surface area contributed by atoms with Crippen LogP contribution in [0.4, 0.5) is 0 Å². The van der Waals surface area contributed by atoms with Gasteiger partial charge in [0.25, 0.3) is 0 Å². The monoisotopic (exact) mass is 392 g/mol. The average molecular weight is 392 g/mol. The third-order valence-corrected chi connectivity index (χ3v) is 5.78. The van der Waals surface area contributed by atoms with Gasteiger partial charge in [0.15, 0.2) is 0 Å². The van der Waals surface area contributed by atoms with E-state index in [-0.39, 0.29) is 13.2 Å². The lowest BCUT2D eigenvalue weighted by Crippen LogP contribution is -2.36. The number of carboxylic acids is 1. The molecule has 7 heteroatoms. The Bertz CT molecular complexity index is 728. The van der Waals surface area contributed by atoms with E-state index >= 15 is 0 Å². The molecule has 0 fully saturated rings. The highest BCUT2D eigenvalue weighted by Crippen LogP contribution is 2.53. The first-order valence-electron chi connectivity index (χ1n) is 8.62. The first kappa shape index (κ1) is 21.3. The zero-order chi connectivity index (χ0) is 19.9. The van der Waals surface area contributed by atoms with E-state index in [2.05, 4.69) is 0 Å². The van der Waals surface area contributed by atoms with Crippen molar-refractivity contribution in [3.05, 3.63) is 71.8 Å². The summed E-state index contributed by atoms with van der Waals surface area (Å²) in [4.78, 5) is 11.5. The molecule has 0 spiro atoms. The Balaban J connectivity index is 2.13. The molecule has 6 nitrogen and oxygen atoms in total. The first-order valence-corrected chi connectivity index (χ1v) is 10.1. The summed E-state index contributed by atoms with van der Waals surface area (Å²) < 4.78 is 29.7. The van der Waals surface area contributed by atoms with Crippen LogP contribution in [0.1, 0.15) is 31.9 Å². The molecule has 0 radical (unpaired) electrons. The highest BCUT2D eigenvalue weighted by Gasteiger charge is 2.41. The predicted octanol–water partition coefficient (Wildman–Crippen LogP) is 5.04. The van der Waals surface area contributed by atoms with Crippen LogP contribution in [-0.2, 0) is 36.1 Å². The minimum atomic E-state index is -4.01. The molecule has 0 aromatic heterocycles.